The fraction of sp³-hybridized carbons (Fsp3) is 0.286. The predicted octanol–water partition coefficient (Wildman–Crippen LogP) is 3.52. The molecule has 7 heteroatoms. The number of nitrogens with one attached hydrogen (secondary N) is 2. The van der Waals surface area contributed by atoms with Gasteiger partial charge in [-0.3, -0.25) is 0 Å². The van der Waals surface area contributed by atoms with Crippen LogP contribution in [0.25, 0.3) is 0 Å². The molecular formula is C14H13F3N4. The number of rotatable bonds is 4. The van der Waals surface area contributed by atoms with Gasteiger partial charge in [-0.05, 0) is 31.9 Å². The van der Waals surface area contributed by atoms with Gasteiger partial charge in [0.2, 0.25) is 5.95 Å². The molecule has 1 heterocycles. The summed E-state index contributed by atoms with van der Waals surface area (Å²) in [6.07, 6.45) is 2.13. The van der Waals surface area contributed by atoms with Gasteiger partial charge in [0.05, 0.1) is 5.69 Å². The van der Waals surface area contributed by atoms with E-state index in [0.29, 0.717) is 23.5 Å². The second-order valence-electron chi connectivity index (χ2n) is 4.98. The topological polar surface area (TPSA) is 49.8 Å². The third-order valence-electron chi connectivity index (χ3n) is 3.06. The highest BCUT2D eigenvalue weighted by Crippen LogP contribution is 2.26. The van der Waals surface area contributed by atoms with Crippen molar-refractivity contribution in [3.05, 3.63) is 41.3 Å². The Hall–Kier alpha value is -2.31. The molecule has 4 nitrogen and oxygen atoms in total. The standard InChI is InChI=1S/C14H13F3N4/c1-7-6-11(21-14(18-7)19-8-2-3-8)20-10-5-4-9(15)12(16)13(10)17/h4-6,8H,2-3H2,1H3,(H2,18,19,20,21). The first-order chi connectivity index (χ1) is 10.0. The summed E-state index contributed by atoms with van der Waals surface area (Å²) in [6.45, 7) is 1.77. The lowest BCUT2D eigenvalue weighted by Crippen LogP contribution is -2.08. The van der Waals surface area contributed by atoms with Gasteiger partial charge in [-0.2, -0.15) is 4.98 Å². The van der Waals surface area contributed by atoms with E-state index in [9.17, 15) is 13.2 Å². The summed E-state index contributed by atoms with van der Waals surface area (Å²) in [6, 6.07) is 3.95. The molecule has 1 aliphatic carbocycles. The second-order valence-corrected chi connectivity index (χ2v) is 4.98. The summed E-state index contributed by atoms with van der Waals surface area (Å²) in [5, 5.41) is 5.77. The van der Waals surface area contributed by atoms with Crippen LogP contribution in [0, 0.1) is 24.4 Å². The fourth-order valence-electron chi connectivity index (χ4n) is 1.87. The maximum Gasteiger partial charge on any atom is 0.225 e. The van der Waals surface area contributed by atoms with Gasteiger partial charge in [0.15, 0.2) is 17.5 Å². The third-order valence-corrected chi connectivity index (χ3v) is 3.06. The van der Waals surface area contributed by atoms with Crippen LogP contribution in [0.5, 0.6) is 0 Å². The summed E-state index contributed by atoms with van der Waals surface area (Å²) in [5.41, 5.74) is 0.503. The third kappa shape index (κ3) is 3.07. The first-order valence-corrected chi connectivity index (χ1v) is 6.55. The van der Waals surface area contributed by atoms with E-state index in [1.54, 1.807) is 13.0 Å². The lowest BCUT2D eigenvalue weighted by molar-refractivity contribution is 0.449. The van der Waals surface area contributed by atoms with Gasteiger partial charge in [-0.1, -0.05) is 0 Å². The van der Waals surface area contributed by atoms with Crippen LogP contribution < -0.4 is 10.6 Å². The maximum atomic E-state index is 13.6. The Labute approximate surface area is 119 Å². The SMILES string of the molecule is Cc1cc(Nc2ccc(F)c(F)c2F)nc(NC2CC2)n1. The maximum absolute atomic E-state index is 13.6. The Morgan fingerprint density at radius 3 is 2.57 bits per heavy atom. The molecule has 1 aromatic carbocycles. The van der Waals surface area contributed by atoms with Crippen molar-refractivity contribution < 1.29 is 13.2 Å². The lowest BCUT2D eigenvalue weighted by Gasteiger charge is -2.10. The van der Waals surface area contributed by atoms with E-state index < -0.39 is 17.5 Å². The molecule has 0 spiro atoms. The smallest absolute Gasteiger partial charge is 0.225 e. The Morgan fingerprint density at radius 1 is 1.10 bits per heavy atom. The first kappa shape index (κ1) is 13.7. The molecule has 1 fully saturated rings. The molecule has 0 bridgehead atoms. The van der Waals surface area contributed by atoms with E-state index >= 15 is 0 Å². The highest BCUT2D eigenvalue weighted by molar-refractivity contribution is 5.58. The number of aromatic nitrogens is 2. The second kappa shape index (κ2) is 5.23. The normalized spacial score (nSPS) is 14.1. The summed E-state index contributed by atoms with van der Waals surface area (Å²) >= 11 is 0. The van der Waals surface area contributed by atoms with Crippen molar-refractivity contribution in [1.82, 2.24) is 9.97 Å². The number of aryl methyl sites for hydroxylation is 1. The number of anilines is 3. The molecule has 0 aliphatic heterocycles. The monoisotopic (exact) mass is 294 g/mol. The van der Waals surface area contributed by atoms with Crippen molar-refractivity contribution in [2.45, 2.75) is 25.8 Å². The lowest BCUT2D eigenvalue weighted by atomic mass is 10.2. The Balaban J connectivity index is 1.87. The average molecular weight is 294 g/mol. The molecule has 0 saturated heterocycles. The quantitative estimate of drug-likeness (QED) is 0.847. The summed E-state index contributed by atoms with van der Waals surface area (Å²) in [5.74, 6) is -3.27. The first-order valence-electron chi connectivity index (χ1n) is 6.55. The Kier molecular flexibility index (Phi) is 3.40. The van der Waals surface area contributed by atoms with Gasteiger partial charge in [-0.15, -0.1) is 0 Å². The van der Waals surface area contributed by atoms with Crippen LogP contribution in [0.15, 0.2) is 18.2 Å². The highest BCUT2D eigenvalue weighted by Gasteiger charge is 2.22. The van der Waals surface area contributed by atoms with Gasteiger partial charge in [-0.25, -0.2) is 18.2 Å². The molecule has 1 aliphatic rings. The van der Waals surface area contributed by atoms with Crippen LogP contribution in [0.2, 0.25) is 0 Å². The van der Waals surface area contributed by atoms with Crippen molar-refractivity contribution in [1.29, 1.82) is 0 Å². The minimum atomic E-state index is -1.51. The van der Waals surface area contributed by atoms with Gasteiger partial charge < -0.3 is 10.6 Å². The molecule has 0 amide bonds. The molecular weight excluding hydrogens is 281 g/mol. The highest BCUT2D eigenvalue weighted by atomic mass is 19.2. The van der Waals surface area contributed by atoms with Crippen LogP contribution in [-0.2, 0) is 0 Å². The summed E-state index contributed by atoms with van der Waals surface area (Å²) < 4.78 is 39.7. The number of halogens is 3. The zero-order valence-corrected chi connectivity index (χ0v) is 11.3. The van der Waals surface area contributed by atoms with Crippen LogP contribution in [0.1, 0.15) is 18.5 Å². The van der Waals surface area contributed by atoms with Crippen LogP contribution in [0.4, 0.5) is 30.6 Å². The van der Waals surface area contributed by atoms with Crippen molar-refractivity contribution in [3.8, 4) is 0 Å². The zero-order chi connectivity index (χ0) is 15.0. The van der Waals surface area contributed by atoms with E-state index in [4.69, 9.17) is 0 Å². The molecule has 110 valence electrons. The van der Waals surface area contributed by atoms with Crippen LogP contribution in [-0.4, -0.2) is 16.0 Å². The Bertz CT molecular complexity index is 686. The van der Waals surface area contributed by atoms with E-state index in [-0.39, 0.29) is 5.69 Å². The number of nitrogens with zero attached hydrogens (tertiary/aromatic N) is 2. The molecule has 0 radical (unpaired) electrons. The van der Waals surface area contributed by atoms with Crippen molar-refractivity contribution in [2.24, 2.45) is 0 Å². The van der Waals surface area contributed by atoms with Crippen molar-refractivity contribution >= 4 is 17.5 Å². The molecule has 1 saturated carbocycles. The van der Waals surface area contributed by atoms with Gasteiger partial charge >= 0.3 is 0 Å². The average Bonchev–Trinajstić information content (AvgIpc) is 3.23. The van der Waals surface area contributed by atoms with Gasteiger partial charge in [0.1, 0.15) is 5.82 Å². The minimum absolute atomic E-state index is 0.177. The van der Waals surface area contributed by atoms with E-state index in [1.165, 1.54) is 0 Å². The summed E-state index contributed by atoms with van der Waals surface area (Å²) in [7, 11) is 0. The molecule has 0 atom stereocenters. The van der Waals surface area contributed by atoms with Gasteiger partial charge in [0, 0.05) is 17.8 Å². The van der Waals surface area contributed by atoms with E-state index in [2.05, 4.69) is 20.6 Å². The van der Waals surface area contributed by atoms with Crippen molar-refractivity contribution in [2.75, 3.05) is 10.6 Å². The number of benzene rings is 1. The van der Waals surface area contributed by atoms with Crippen LogP contribution in [0.3, 0.4) is 0 Å². The molecule has 21 heavy (non-hydrogen) atoms. The predicted molar refractivity (Wildman–Crippen MR) is 73.0 cm³/mol. The van der Waals surface area contributed by atoms with E-state index in [0.717, 1.165) is 25.0 Å². The summed E-state index contributed by atoms with van der Waals surface area (Å²) in [4.78, 5) is 8.41. The molecule has 1 aromatic heterocycles. The minimum Gasteiger partial charge on any atom is -0.351 e. The van der Waals surface area contributed by atoms with Gasteiger partial charge in [0.25, 0.3) is 0 Å². The fourth-order valence-corrected chi connectivity index (χ4v) is 1.87. The molecule has 2 N–H and O–H groups in total. The number of hydrogen-bond donors (Lipinski definition) is 2. The largest absolute Gasteiger partial charge is 0.351 e. The van der Waals surface area contributed by atoms with E-state index in [1.807, 2.05) is 0 Å². The zero-order valence-electron chi connectivity index (χ0n) is 11.3. The Morgan fingerprint density at radius 2 is 1.86 bits per heavy atom. The number of hydrogen-bond acceptors (Lipinski definition) is 4. The molecule has 2 aromatic rings. The van der Waals surface area contributed by atoms with Crippen molar-refractivity contribution in [3.63, 3.8) is 0 Å². The molecule has 3 rings (SSSR count). The molecule has 0 unspecified atom stereocenters. The van der Waals surface area contributed by atoms with Crippen LogP contribution >= 0.6 is 0 Å².